The third-order valence-electron chi connectivity index (χ3n) is 2.22. The summed E-state index contributed by atoms with van der Waals surface area (Å²) in [5, 5.41) is 0. The monoisotopic (exact) mass is 300 g/mol. The van der Waals surface area contributed by atoms with Crippen LogP contribution in [0.2, 0.25) is 0 Å². The molecular weight excluding hydrogens is 291 g/mol. The zero-order valence-electron chi connectivity index (χ0n) is 10.0. The highest BCUT2D eigenvalue weighted by Crippen LogP contribution is 2.33. The number of hydrogen-bond donors (Lipinski definition) is 1. The molecule has 10 heteroatoms. The SMILES string of the molecule is COC(=O)c1cnc(OC(F)(F)F)c(CN)c1C(F)F. The first-order valence-electron chi connectivity index (χ1n) is 5.05. The first-order chi connectivity index (χ1) is 9.21. The summed E-state index contributed by atoms with van der Waals surface area (Å²) in [7, 11) is 0.930. The molecule has 0 atom stereocenters. The van der Waals surface area contributed by atoms with Gasteiger partial charge in [0.1, 0.15) is 0 Å². The van der Waals surface area contributed by atoms with E-state index in [9.17, 15) is 26.7 Å². The van der Waals surface area contributed by atoms with E-state index in [0.29, 0.717) is 6.20 Å². The summed E-state index contributed by atoms with van der Waals surface area (Å²) in [6, 6.07) is 0. The molecule has 5 nitrogen and oxygen atoms in total. The average molecular weight is 300 g/mol. The van der Waals surface area contributed by atoms with Gasteiger partial charge in [-0.1, -0.05) is 0 Å². The minimum Gasteiger partial charge on any atom is -0.465 e. The van der Waals surface area contributed by atoms with Gasteiger partial charge in [-0.2, -0.15) is 0 Å². The van der Waals surface area contributed by atoms with Crippen LogP contribution in [0, 0.1) is 0 Å². The molecule has 0 aromatic carbocycles. The van der Waals surface area contributed by atoms with Crippen molar-refractivity contribution in [1.29, 1.82) is 0 Å². The molecule has 0 spiro atoms. The molecular formula is C10H9F5N2O3. The molecule has 0 amide bonds. The number of nitrogens with zero attached hydrogens (tertiary/aromatic N) is 1. The highest BCUT2D eigenvalue weighted by molar-refractivity contribution is 5.91. The lowest BCUT2D eigenvalue weighted by atomic mass is 10.0. The Balaban J connectivity index is 3.45. The van der Waals surface area contributed by atoms with Crippen LogP contribution >= 0.6 is 0 Å². The van der Waals surface area contributed by atoms with Crippen LogP contribution in [-0.2, 0) is 11.3 Å². The van der Waals surface area contributed by atoms with Crippen molar-refractivity contribution < 1.29 is 36.2 Å². The van der Waals surface area contributed by atoms with Crippen molar-refractivity contribution in [3.8, 4) is 5.88 Å². The molecule has 20 heavy (non-hydrogen) atoms. The first kappa shape index (κ1) is 16.1. The molecule has 1 aromatic rings. The van der Waals surface area contributed by atoms with Gasteiger partial charge in [0.25, 0.3) is 6.43 Å². The summed E-state index contributed by atoms with van der Waals surface area (Å²) in [4.78, 5) is 14.5. The fourth-order valence-electron chi connectivity index (χ4n) is 1.47. The number of methoxy groups -OCH3 is 1. The van der Waals surface area contributed by atoms with E-state index in [4.69, 9.17) is 5.73 Å². The van der Waals surface area contributed by atoms with Crippen molar-refractivity contribution in [2.75, 3.05) is 7.11 Å². The predicted octanol–water partition coefficient (Wildman–Crippen LogP) is 2.16. The van der Waals surface area contributed by atoms with Crippen molar-refractivity contribution in [2.45, 2.75) is 19.3 Å². The second-order valence-corrected chi connectivity index (χ2v) is 3.41. The van der Waals surface area contributed by atoms with Crippen molar-refractivity contribution in [3.63, 3.8) is 0 Å². The summed E-state index contributed by atoms with van der Waals surface area (Å²) in [6.45, 7) is -0.719. The quantitative estimate of drug-likeness (QED) is 0.681. The number of rotatable bonds is 4. The largest absolute Gasteiger partial charge is 0.574 e. The van der Waals surface area contributed by atoms with Crippen LogP contribution in [0.5, 0.6) is 5.88 Å². The number of aromatic nitrogens is 1. The number of pyridine rings is 1. The maximum atomic E-state index is 13.0. The highest BCUT2D eigenvalue weighted by atomic mass is 19.4. The Hall–Kier alpha value is -1.97. The van der Waals surface area contributed by atoms with Gasteiger partial charge in [0.05, 0.1) is 12.7 Å². The van der Waals surface area contributed by atoms with E-state index in [1.165, 1.54) is 0 Å². The first-order valence-corrected chi connectivity index (χ1v) is 5.05. The Labute approximate surface area is 109 Å². The standard InChI is InChI=1S/C10H9F5N2O3/c1-19-9(18)5-3-17-8(20-10(13,14)15)4(2-16)6(5)7(11)12/h3,7H,2,16H2,1H3. The number of nitrogens with two attached hydrogens (primary N) is 1. The van der Waals surface area contributed by atoms with E-state index in [1.54, 1.807) is 0 Å². The van der Waals surface area contributed by atoms with Crippen molar-refractivity contribution in [2.24, 2.45) is 5.73 Å². The normalized spacial score (nSPS) is 11.6. The van der Waals surface area contributed by atoms with Gasteiger partial charge < -0.3 is 15.2 Å². The van der Waals surface area contributed by atoms with Gasteiger partial charge in [0, 0.05) is 23.9 Å². The van der Waals surface area contributed by atoms with Gasteiger partial charge in [-0.3, -0.25) is 0 Å². The Morgan fingerprint density at radius 2 is 2.05 bits per heavy atom. The molecule has 112 valence electrons. The molecule has 0 aliphatic rings. The molecule has 0 aliphatic carbocycles. The molecule has 2 N–H and O–H groups in total. The number of halogens is 5. The maximum Gasteiger partial charge on any atom is 0.574 e. The Kier molecular flexibility index (Phi) is 4.82. The third kappa shape index (κ3) is 3.53. The van der Waals surface area contributed by atoms with Gasteiger partial charge in [0.15, 0.2) is 0 Å². The number of carbonyl (C=O) groups excluding carboxylic acids is 1. The van der Waals surface area contributed by atoms with Crippen LogP contribution in [-0.4, -0.2) is 24.4 Å². The molecule has 1 aromatic heterocycles. The van der Waals surface area contributed by atoms with Crippen molar-refractivity contribution >= 4 is 5.97 Å². The average Bonchev–Trinajstić information content (AvgIpc) is 2.35. The van der Waals surface area contributed by atoms with Crippen LogP contribution < -0.4 is 10.5 Å². The number of hydrogen-bond acceptors (Lipinski definition) is 5. The minimum absolute atomic E-state index is 0.521. The number of alkyl halides is 5. The van der Waals surface area contributed by atoms with E-state index in [-0.39, 0.29) is 0 Å². The van der Waals surface area contributed by atoms with Crippen LogP contribution in [0.4, 0.5) is 22.0 Å². The van der Waals surface area contributed by atoms with Gasteiger partial charge in [0.2, 0.25) is 5.88 Å². The molecule has 0 saturated carbocycles. The van der Waals surface area contributed by atoms with Crippen LogP contribution in [0.15, 0.2) is 6.20 Å². The number of ether oxygens (including phenoxy) is 2. The van der Waals surface area contributed by atoms with Gasteiger partial charge in [-0.25, -0.2) is 18.6 Å². The molecule has 1 heterocycles. The molecule has 0 fully saturated rings. The predicted molar refractivity (Wildman–Crippen MR) is 55.1 cm³/mol. The third-order valence-corrected chi connectivity index (χ3v) is 2.22. The van der Waals surface area contributed by atoms with Crippen molar-refractivity contribution in [3.05, 3.63) is 22.9 Å². The smallest absolute Gasteiger partial charge is 0.465 e. The second kappa shape index (κ2) is 5.99. The summed E-state index contributed by atoms with van der Waals surface area (Å²) in [6.07, 6.45) is -7.85. The molecule has 0 unspecified atom stereocenters. The molecule has 1 rings (SSSR count). The Morgan fingerprint density at radius 3 is 2.45 bits per heavy atom. The summed E-state index contributed by atoms with van der Waals surface area (Å²) < 4.78 is 70.1. The Morgan fingerprint density at radius 1 is 1.45 bits per heavy atom. The lowest BCUT2D eigenvalue weighted by molar-refractivity contribution is -0.276. The van der Waals surface area contributed by atoms with Crippen LogP contribution in [0.3, 0.4) is 0 Å². The molecule has 0 radical (unpaired) electrons. The van der Waals surface area contributed by atoms with E-state index in [1.807, 2.05) is 0 Å². The summed E-state index contributed by atoms with van der Waals surface area (Å²) in [5.41, 5.74) is 2.78. The van der Waals surface area contributed by atoms with E-state index in [0.717, 1.165) is 7.11 Å². The fraction of sp³-hybridized carbons (Fsp3) is 0.400. The molecule has 0 saturated heterocycles. The van der Waals surface area contributed by atoms with E-state index < -0.39 is 47.9 Å². The van der Waals surface area contributed by atoms with Gasteiger partial charge >= 0.3 is 12.3 Å². The van der Waals surface area contributed by atoms with Crippen LogP contribution in [0.1, 0.15) is 27.9 Å². The highest BCUT2D eigenvalue weighted by Gasteiger charge is 2.35. The van der Waals surface area contributed by atoms with E-state index in [2.05, 4.69) is 14.5 Å². The zero-order valence-corrected chi connectivity index (χ0v) is 10.0. The summed E-state index contributed by atoms with van der Waals surface area (Å²) in [5.74, 6) is -2.29. The van der Waals surface area contributed by atoms with Crippen LogP contribution in [0.25, 0.3) is 0 Å². The van der Waals surface area contributed by atoms with Gasteiger partial charge in [-0.05, 0) is 0 Å². The zero-order chi connectivity index (χ0) is 15.5. The maximum absolute atomic E-state index is 13.0. The number of carbonyl (C=O) groups is 1. The number of esters is 1. The molecule has 0 bridgehead atoms. The van der Waals surface area contributed by atoms with Gasteiger partial charge in [-0.15, -0.1) is 13.2 Å². The second-order valence-electron chi connectivity index (χ2n) is 3.41. The minimum atomic E-state index is -5.12. The topological polar surface area (TPSA) is 74.4 Å². The summed E-state index contributed by atoms with van der Waals surface area (Å²) >= 11 is 0. The van der Waals surface area contributed by atoms with Crippen molar-refractivity contribution in [1.82, 2.24) is 4.98 Å². The molecule has 0 aliphatic heterocycles. The van der Waals surface area contributed by atoms with E-state index >= 15 is 0 Å². The lowest BCUT2D eigenvalue weighted by Crippen LogP contribution is -2.22. The Bertz CT molecular complexity index is 504. The lowest BCUT2D eigenvalue weighted by Gasteiger charge is -2.16. The fourth-order valence-corrected chi connectivity index (χ4v) is 1.47.